The molecule has 1 aromatic carbocycles. The second kappa shape index (κ2) is 12.1. The van der Waals surface area contributed by atoms with Gasteiger partial charge in [-0.1, -0.05) is 63.9 Å². The van der Waals surface area contributed by atoms with E-state index < -0.39 is 0 Å². The smallest absolute Gasteiger partial charge is 0.300 e. The summed E-state index contributed by atoms with van der Waals surface area (Å²) in [5.41, 5.74) is 4.50. The average molecular weight is 542 g/mol. The van der Waals surface area contributed by atoms with Crippen molar-refractivity contribution in [1.29, 1.82) is 0 Å². The minimum Gasteiger partial charge on any atom is -0.300 e. The van der Waals surface area contributed by atoms with Gasteiger partial charge in [-0.25, -0.2) is 4.79 Å². The molecule has 3 unspecified atom stereocenters. The number of H-pyrrole nitrogens is 1. The highest BCUT2D eigenvalue weighted by Crippen LogP contribution is 2.42. The Balaban J connectivity index is 1.48. The van der Waals surface area contributed by atoms with Crippen LogP contribution < -0.4 is 5.69 Å². The van der Waals surface area contributed by atoms with E-state index in [0.717, 1.165) is 66.6 Å². The fraction of sp³-hybridized carbons (Fsp3) is 0.484. The molecule has 1 fully saturated rings. The quantitative estimate of drug-likeness (QED) is 0.284. The third-order valence-corrected chi connectivity index (χ3v) is 8.43. The Kier molecular flexibility index (Phi) is 8.38. The van der Waals surface area contributed by atoms with Crippen molar-refractivity contribution in [2.24, 2.45) is 17.8 Å². The number of aromatic amines is 1. The van der Waals surface area contributed by atoms with Crippen molar-refractivity contribution in [3.8, 4) is 22.6 Å². The maximum Gasteiger partial charge on any atom is 0.328 e. The Labute approximate surface area is 235 Å². The second-order valence-corrected chi connectivity index (χ2v) is 11.4. The van der Waals surface area contributed by atoms with E-state index >= 15 is 0 Å². The van der Waals surface area contributed by atoms with Gasteiger partial charge < -0.3 is 0 Å². The molecule has 0 saturated heterocycles. The molecule has 3 aromatic heterocycles. The number of aromatic nitrogens is 7. The normalized spacial score (nSPS) is 19.3. The maximum atomic E-state index is 14.0. The highest BCUT2D eigenvalue weighted by Gasteiger charge is 2.39. The van der Waals surface area contributed by atoms with Gasteiger partial charge in [0.15, 0.2) is 0 Å². The number of Topliss-reactive ketones (excluding diaryl/α,β-unsaturated/α-hetero) is 1. The Morgan fingerprint density at radius 1 is 1.12 bits per heavy atom. The van der Waals surface area contributed by atoms with Crippen LogP contribution in [0, 0.1) is 17.8 Å². The first-order chi connectivity index (χ1) is 19.4. The molecule has 0 spiro atoms. The summed E-state index contributed by atoms with van der Waals surface area (Å²) in [5, 5.41) is 14.4. The number of hydrogen-bond donors (Lipinski definition) is 1. The lowest BCUT2D eigenvalue weighted by molar-refractivity contribution is -0.124. The van der Waals surface area contributed by atoms with E-state index in [4.69, 9.17) is 4.98 Å². The van der Waals surface area contributed by atoms with Crippen LogP contribution in [0.5, 0.6) is 0 Å². The Bertz CT molecular complexity index is 1480. The fourth-order valence-corrected chi connectivity index (χ4v) is 6.31. The van der Waals surface area contributed by atoms with Crippen LogP contribution in [0.2, 0.25) is 0 Å². The molecule has 1 aliphatic rings. The van der Waals surface area contributed by atoms with E-state index in [-0.39, 0.29) is 23.4 Å². The van der Waals surface area contributed by atoms with Gasteiger partial charge in [0.25, 0.3) is 0 Å². The van der Waals surface area contributed by atoms with Gasteiger partial charge in [-0.2, -0.15) is 5.21 Å². The molecule has 210 valence electrons. The molecule has 40 heavy (non-hydrogen) atoms. The van der Waals surface area contributed by atoms with Crippen molar-refractivity contribution < 1.29 is 4.79 Å². The van der Waals surface area contributed by atoms with Gasteiger partial charge in [-0.3, -0.25) is 18.9 Å². The molecule has 4 aromatic rings. The number of benzene rings is 1. The lowest BCUT2D eigenvalue weighted by atomic mass is 9.71. The lowest BCUT2D eigenvalue weighted by Crippen LogP contribution is -2.41. The van der Waals surface area contributed by atoms with Crippen LogP contribution in [0.15, 0.2) is 53.6 Å². The van der Waals surface area contributed by atoms with Gasteiger partial charge in [0.1, 0.15) is 5.78 Å². The van der Waals surface area contributed by atoms with E-state index in [0.29, 0.717) is 24.2 Å². The zero-order chi connectivity index (χ0) is 28.2. The first-order valence-corrected chi connectivity index (χ1v) is 14.5. The molecule has 0 bridgehead atoms. The summed E-state index contributed by atoms with van der Waals surface area (Å²) in [7, 11) is 0. The third kappa shape index (κ3) is 5.55. The molecule has 0 amide bonds. The van der Waals surface area contributed by atoms with E-state index in [2.05, 4.69) is 41.4 Å². The summed E-state index contributed by atoms with van der Waals surface area (Å²) in [5.74, 6) is 1.28. The third-order valence-electron chi connectivity index (χ3n) is 8.43. The molecule has 0 radical (unpaired) electrons. The minimum absolute atomic E-state index is 0.0265. The van der Waals surface area contributed by atoms with E-state index in [1.54, 1.807) is 6.92 Å². The molecular formula is C31H39N7O2. The number of carbonyl (C=O) groups is 1. The summed E-state index contributed by atoms with van der Waals surface area (Å²) in [6.45, 7) is 8.71. The van der Waals surface area contributed by atoms with Gasteiger partial charge in [0.05, 0.1) is 18.3 Å². The van der Waals surface area contributed by atoms with Crippen LogP contribution in [0.4, 0.5) is 0 Å². The molecule has 9 nitrogen and oxygen atoms in total. The number of aryl methyl sites for hydroxylation is 1. The molecule has 3 heterocycles. The molecular weight excluding hydrogens is 502 g/mol. The maximum absolute atomic E-state index is 14.0. The number of rotatable bonds is 10. The summed E-state index contributed by atoms with van der Waals surface area (Å²) >= 11 is 0. The highest BCUT2D eigenvalue weighted by atomic mass is 16.2. The predicted molar refractivity (Wildman–Crippen MR) is 155 cm³/mol. The molecule has 5 rings (SSSR count). The minimum atomic E-state index is -0.117. The van der Waals surface area contributed by atoms with Crippen molar-refractivity contribution >= 4 is 5.78 Å². The Morgan fingerprint density at radius 3 is 2.58 bits per heavy atom. The Hall–Kier alpha value is -3.88. The summed E-state index contributed by atoms with van der Waals surface area (Å²) in [6, 6.07) is 11.7. The lowest BCUT2D eigenvalue weighted by Gasteiger charge is -2.39. The molecule has 3 atom stereocenters. The zero-order valence-electron chi connectivity index (χ0n) is 23.9. The number of nitrogens with zero attached hydrogens (tertiary/aromatic N) is 6. The van der Waals surface area contributed by atoms with Gasteiger partial charge in [0.2, 0.25) is 5.82 Å². The fourth-order valence-electron chi connectivity index (χ4n) is 6.31. The number of imidazole rings is 1. The first kappa shape index (κ1) is 27.7. The number of nitrogens with one attached hydrogen (secondary N) is 1. The van der Waals surface area contributed by atoms with Gasteiger partial charge in [0, 0.05) is 35.1 Å². The van der Waals surface area contributed by atoms with E-state index in [1.807, 2.05) is 57.9 Å². The van der Waals surface area contributed by atoms with Gasteiger partial charge >= 0.3 is 5.69 Å². The van der Waals surface area contributed by atoms with Crippen molar-refractivity contribution in [1.82, 2.24) is 34.7 Å². The molecule has 1 saturated carbocycles. The van der Waals surface area contributed by atoms with Gasteiger partial charge in [-0.15, -0.1) is 10.2 Å². The van der Waals surface area contributed by atoms with E-state index in [1.165, 1.54) is 0 Å². The number of carbonyl (C=O) groups excluding carboxylic acids is 1. The van der Waals surface area contributed by atoms with Crippen LogP contribution in [0.25, 0.3) is 22.6 Å². The number of unbranched alkanes of at least 4 members (excludes halogenated alkanes) is 1. The van der Waals surface area contributed by atoms with Crippen LogP contribution in [0.1, 0.15) is 77.1 Å². The van der Waals surface area contributed by atoms with E-state index in [9.17, 15) is 9.59 Å². The summed E-state index contributed by atoms with van der Waals surface area (Å²) in [6.07, 6.45) is 9.69. The largest absolute Gasteiger partial charge is 0.328 e. The van der Waals surface area contributed by atoms with Crippen molar-refractivity contribution in [3.05, 3.63) is 70.5 Å². The molecule has 9 heteroatoms. The monoisotopic (exact) mass is 541 g/mol. The zero-order valence-corrected chi connectivity index (χ0v) is 23.9. The van der Waals surface area contributed by atoms with Gasteiger partial charge in [-0.05, 0) is 61.3 Å². The average Bonchev–Trinajstić information content (AvgIpc) is 3.61. The number of ketones is 1. The van der Waals surface area contributed by atoms with Crippen LogP contribution in [-0.4, -0.2) is 40.5 Å². The Morgan fingerprint density at radius 2 is 1.93 bits per heavy atom. The van der Waals surface area contributed by atoms with Crippen LogP contribution in [-0.2, 0) is 17.8 Å². The van der Waals surface area contributed by atoms with Crippen molar-refractivity contribution in [2.75, 3.05) is 0 Å². The van der Waals surface area contributed by atoms with Crippen molar-refractivity contribution in [3.63, 3.8) is 0 Å². The van der Waals surface area contributed by atoms with Crippen molar-refractivity contribution in [2.45, 2.75) is 78.8 Å². The standard InChI is InChI=1S/C31H39N7O2/c1-5-6-10-23-19-38(29-24(20(2)3)13-9-14-25(29)21(4)39)31(40)37(23)18-22-15-16-28(32-17-22)26-11-7-8-12-27(26)30-33-35-36-34-30/h7-8,11-12,15-17,19-20,24-25,29H,5-6,9-10,13-14,18H2,1-4H3,(H,33,34,35,36). The predicted octanol–water partition coefficient (Wildman–Crippen LogP) is 5.49. The number of pyridine rings is 1. The topological polar surface area (TPSA) is 111 Å². The van der Waals surface area contributed by atoms with Crippen LogP contribution >= 0.6 is 0 Å². The number of hydrogen-bond acceptors (Lipinski definition) is 6. The summed E-state index contributed by atoms with van der Waals surface area (Å²) < 4.78 is 3.80. The molecule has 0 aliphatic heterocycles. The molecule has 1 N–H and O–H groups in total. The first-order valence-electron chi connectivity index (χ1n) is 14.5. The second-order valence-electron chi connectivity index (χ2n) is 11.4. The van der Waals surface area contributed by atoms with Crippen LogP contribution in [0.3, 0.4) is 0 Å². The highest BCUT2D eigenvalue weighted by molar-refractivity contribution is 5.79. The SMILES string of the molecule is CCCCc1cn(C2C(C(C)=O)CCCC2C(C)C)c(=O)n1Cc1ccc(-c2ccccc2-c2nn[nH]n2)nc1. The molecule has 1 aliphatic carbocycles. The summed E-state index contributed by atoms with van der Waals surface area (Å²) in [4.78, 5) is 31.5. The number of tetrazole rings is 1.